The molecule has 0 saturated carbocycles. The largest absolute Gasteiger partial charge is 0.497 e. The van der Waals surface area contributed by atoms with Gasteiger partial charge < -0.3 is 14.8 Å². The Kier molecular flexibility index (Phi) is 5.81. The van der Waals surface area contributed by atoms with E-state index in [9.17, 15) is 4.79 Å². The lowest BCUT2D eigenvalue weighted by Gasteiger charge is -2.06. The lowest BCUT2D eigenvalue weighted by molar-refractivity contribution is -0.118. The molecule has 0 atom stereocenters. The van der Waals surface area contributed by atoms with Crippen molar-refractivity contribution in [2.45, 2.75) is 6.54 Å². The fraction of sp³-hybridized carbons (Fsp3) is 0.136. The number of fused-ring (bicyclic) bond motifs is 1. The third-order valence-corrected chi connectivity index (χ3v) is 4.73. The van der Waals surface area contributed by atoms with Crippen molar-refractivity contribution in [1.82, 2.24) is 14.8 Å². The van der Waals surface area contributed by atoms with Gasteiger partial charge in [-0.2, -0.15) is 0 Å². The molecule has 0 spiro atoms. The normalized spacial score (nSPS) is 10.7. The van der Waals surface area contributed by atoms with Crippen LogP contribution in [0.1, 0.15) is 5.56 Å². The Morgan fingerprint density at radius 3 is 2.60 bits per heavy atom. The van der Waals surface area contributed by atoms with Gasteiger partial charge in [0.05, 0.1) is 24.6 Å². The Balaban J connectivity index is 1.56. The number of nitrogens with zero attached hydrogens (tertiary/aromatic N) is 3. The third kappa shape index (κ3) is 4.52. The first kappa shape index (κ1) is 19.7. The zero-order chi connectivity index (χ0) is 20.9. The quantitative estimate of drug-likeness (QED) is 0.484. The van der Waals surface area contributed by atoms with E-state index < -0.39 is 0 Å². The van der Waals surface area contributed by atoms with E-state index in [0.717, 1.165) is 16.5 Å². The zero-order valence-electron chi connectivity index (χ0n) is 16.2. The maximum Gasteiger partial charge on any atom is 0.262 e. The van der Waals surface area contributed by atoms with E-state index >= 15 is 0 Å². The molecule has 2 heterocycles. The number of nitrogens with one attached hydrogen (secondary N) is 1. The van der Waals surface area contributed by atoms with Gasteiger partial charge in [-0.1, -0.05) is 23.7 Å². The Hall–Kier alpha value is -3.58. The first-order valence-corrected chi connectivity index (χ1v) is 9.62. The van der Waals surface area contributed by atoms with Gasteiger partial charge in [0, 0.05) is 23.1 Å². The topological polar surface area (TPSA) is 78.3 Å². The summed E-state index contributed by atoms with van der Waals surface area (Å²) in [5.41, 5.74) is 2.57. The molecule has 0 bridgehead atoms. The summed E-state index contributed by atoms with van der Waals surface area (Å²) >= 11 is 5.98. The number of pyridine rings is 1. The predicted octanol–water partition coefficient (Wildman–Crippen LogP) is 4.16. The van der Waals surface area contributed by atoms with Gasteiger partial charge in [0.2, 0.25) is 5.88 Å². The molecule has 7 nitrogen and oxygen atoms in total. The molecule has 1 N–H and O–H groups in total. The van der Waals surface area contributed by atoms with Crippen LogP contribution in [0.4, 0.5) is 5.69 Å². The molecule has 0 aliphatic carbocycles. The fourth-order valence-electron chi connectivity index (χ4n) is 3.01. The van der Waals surface area contributed by atoms with Gasteiger partial charge in [0.1, 0.15) is 5.75 Å². The molecular formula is C22H19ClN4O3. The summed E-state index contributed by atoms with van der Waals surface area (Å²) in [5.74, 6) is 0.756. The SMILES string of the molecule is COc1ccc2c(c1)c(OCC(=O)Nc1ccncc1)nn2Cc1ccc(Cl)cc1. The summed E-state index contributed by atoms with van der Waals surface area (Å²) in [6.07, 6.45) is 3.21. The number of aromatic nitrogens is 3. The monoisotopic (exact) mass is 422 g/mol. The average Bonchev–Trinajstić information content (AvgIpc) is 3.11. The molecule has 0 fully saturated rings. The number of halogens is 1. The zero-order valence-corrected chi connectivity index (χ0v) is 17.0. The number of hydrogen-bond donors (Lipinski definition) is 1. The molecule has 0 aliphatic heterocycles. The number of hydrogen-bond acceptors (Lipinski definition) is 5. The fourth-order valence-corrected chi connectivity index (χ4v) is 3.14. The van der Waals surface area contributed by atoms with Crippen molar-refractivity contribution in [2.24, 2.45) is 0 Å². The maximum atomic E-state index is 12.2. The minimum Gasteiger partial charge on any atom is -0.497 e. The molecule has 30 heavy (non-hydrogen) atoms. The van der Waals surface area contributed by atoms with Crippen LogP contribution in [0.15, 0.2) is 67.0 Å². The van der Waals surface area contributed by atoms with Crippen LogP contribution in [-0.2, 0) is 11.3 Å². The first-order chi connectivity index (χ1) is 14.6. The summed E-state index contributed by atoms with van der Waals surface area (Å²) in [6.45, 7) is 0.360. The van der Waals surface area contributed by atoms with Crippen LogP contribution in [0.5, 0.6) is 11.6 Å². The highest BCUT2D eigenvalue weighted by Crippen LogP contribution is 2.29. The van der Waals surface area contributed by atoms with E-state index in [1.807, 2.05) is 47.1 Å². The summed E-state index contributed by atoms with van der Waals surface area (Å²) in [6, 6.07) is 16.6. The van der Waals surface area contributed by atoms with Crippen molar-refractivity contribution in [3.05, 3.63) is 77.6 Å². The minimum atomic E-state index is -0.288. The highest BCUT2D eigenvalue weighted by atomic mass is 35.5. The Morgan fingerprint density at radius 1 is 1.10 bits per heavy atom. The van der Waals surface area contributed by atoms with Crippen molar-refractivity contribution < 1.29 is 14.3 Å². The van der Waals surface area contributed by atoms with E-state index in [-0.39, 0.29) is 12.5 Å². The molecule has 1 amide bonds. The van der Waals surface area contributed by atoms with Crippen LogP contribution in [0.2, 0.25) is 5.02 Å². The molecule has 4 aromatic rings. The van der Waals surface area contributed by atoms with Crippen molar-refractivity contribution in [3.63, 3.8) is 0 Å². The van der Waals surface area contributed by atoms with Crippen molar-refractivity contribution in [1.29, 1.82) is 0 Å². The maximum absolute atomic E-state index is 12.2. The van der Waals surface area contributed by atoms with Crippen molar-refractivity contribution in [2.75, 3.05) is 19.0 Å². The second-order valence-corrected chi connectivity index (χ2v) is 6.98. The lowest BCUT2D eigenvalue weighted by atomic mass is 10.2. The number of carbonyl (C=O) groups excluding carboxylic acids is 1. The molecule has 0 aliphatic rings. The highest BCUT2D eigenvalue weighted by Gasteiger charge is 2.15. The Bertz CT molecular complexity index is 1160. The summed E-state index contributed by atoms with van der Waals surface area (Å²) in [5, 5.41) is 8.78. The highest BCUT2D eigenvalue weighted by molar-refractivity contribution is 6.30. The van der Waals surface area contributed by atoms with E-state index in [1.54, 1.807) is 31.6 Å². The van der Waals surface area contributed by atoms with Crippen LogP contribution >= 0.6 is 11.6 Å². The van der Waals surface area contributed by atoms with Gasteiger partial charge >= 0.3 is 0 Å². The van der Waals surface area contributed by atoms with Gasteiger partial charge in [-0.3, -0.25) is 14.5 Å². The van der Waals surface area contributed by atoms with Crippen molar-refractivity contribution in [3.8, 4) is 11.6 Å². The lowest BCUT2D eigenvalue weighted by Crippen LogP contribution is -2.20. The molecule has 8 heteroatoms. The van der Waals surface area contributed by atoms with Crippen molar-refractivity contribution >= 4 is 34.1 Å². The van der Waals surface area contributed by atoms with E-state index in [0.29, 0.717) is 28.9 Å². The standard InChI is InChI=1S/C22H19ClN4O3/c1-29-18-6-7-20-19(12-18)22(26-27(20)13-15-2-4-16(23)5-3-15)30-14-21(28)25-17-8-10-24-11-9-17/h2-12H,13-14H2,1H3,(H,24,25,28). The van der Waals surface area contributed by atoms with E-state index in [4.69, 9.17) is 21.1 Å². The summed E-state index contributed by atoms with van der Waals surface area (Å²) < 4.78 is 12.9. The molecular weight excluding hydrogens is 404 g/mol. The van der Waals surface area contributed by atoms with Gasteiger partial charge in [0.15, 0.2) is 6.61 Å². The Labute approximate surface area is 178 Å². The number of anilines is 1. The summed E-state index contributed by atoms with van der Waals surface area (Å²) in [7, 11) is 1.60. The molecule has 0 saturated heterocycles. The smallest absolute Gasteiger partial charge is 0.262 e. The van der Waals surface area contributed by atoms with Gasteiger partial charge in [-0.05, 0) is 48.0 Å². The molecule has 2 aromatic heterocycles. The Morgan fingerprint density at radius 2 is 1.87 bits per heavy atom. The number of benzene rings is 2. The van der Waals surface area contributed by atoms with Crippen LogP contribution in [0.25, 0.3) is 10.9 Å². The van der Waals surface area contributed by atoms with Gasteiger partial charge in [-0.15, -0.1) is 5.10 Å². The first-order valence-electron chi connectivity index (χ1n) is 9.24. The third-order valence-electron chi connectivity index (χ3n) is 4.47. The van der Waals surface area contributed by atoms with E-state index in [2.05, 4.69) is 15.4 Å². The predicted molar refractivity (Wildman–Crippen MR) is 115 cm³/mol. The second kappa shape index (κ2) is 8.84. The van der Waals surface area contributed by atoms with E-state index in [1.165, 1.54) is 0 Å². The average molecular weight is 423 g/mol. The van der Waals surface area contributed by atoms with Crippen LogP contribution in [-0.4, -0.2) is 34.4 Å². The number of carbonyl (C=O) groups is 1. The van der Waals surface area contributed by atoms with Crippen LogP contribution in [0, 0.1) is 0 Å². The second-order valence-electron chi connectivity index (χ2n) is 6.55. The molecule has 0 radical (unpaired) electrons. The molecule has 0 unspecified atom stereocenters. The number of rotatable bonds is 7. The number of methoxy groups -OCH3 is 1. The number of ether oxygens (including phenoxy) is 2. The molecule has 152 valence electrons. The van der Waals surface area contributed by atoms with Gasteiger partial charge in [0.25, 0.3) is 5.91 Å². The van der Waals surface area contributed by atoms with Crippen LogP contribution in [0.3, 0.4) is 0 Å². The molecule has 2 aromatic carbocycles. The number of amides is 1. The van der Waals surface area contributed by atoms with Gasteiger partial charge in [-0.25, -0.2) is 0 Å². The molecule has 4 rings (SSSR count). The summed E-state index contributed by atoms with van der Waals surface area (Å²) in [4.78, 5) is 16.2. The minimum absolute atomic E-state index is 0.174. The van der Waals surface area contributed by atoms with Crippen LogP contribution < -0.4 is 14.8 Å².